The lowest BCUT2D eigenvalue weighted by atomic mass is 9.92. The number of benzene rings is 3. The lowest BCUT2D eigenvalue weighted by molar-refractivity contribution is 0.0227. The van der Waals surface area contributed by atoms with Gasteiger partial charge in [0.15, 0.2) is 6.79 Å². The van der Waals surface area contributed by atoms with Gasteiger partial charge in [0.25, 0.3) is 0 Å². The number of fused-ring (bicyclic) bond motifs is 1. The zero-order chi connectivity index (χ0) is 16.2. The Labute approximate surface area is 137 Å². The second-order valence-electron chi connectivity index (χ2n) is 5.73. The molecule has 0 unspecified atom stereocenters. The van der Waals surface area contributed by atoms with Crippen molar-refractivity contribution in [2.24, 2.45) is 0 Å². The highest BCUT2D eigenvalue weighted by molar-refractivity contribution is 5.99. The molecule has 23 heavy (non-hydrogen) atoms. The first-order valence-corrected chi connectivity index (χ1v) is 8.00. The molecule has 0 bridgehead atoms. The summed E-state index contributed by atoms with van der Waals surface area (Å²) in [6, 6.07) is 19.1. The van der Waals surface area contributed by atoms with Gasteiger partial charge in [-0.1, -0.05) is 48.0 Å². The van der Waals surface area contributed by atoms with E-state index in [-0.39, 0.29) is 6.79 Å². The van der Waals surface area contributed by atoms with E-state index in [9.17, 15) is 0 Å². The summed E-state index contributed by atoms with van der Waals surface area (Å²) in [5.74, 6) is 0.864. The van der Waals surface area contributed by atoms with E-state index < -0.39 is 0 Å². The number of ether oxygens (including phenoxy) is 2. The first kappa shape index (κ1) is 15.6. The maximum atomic E-state index is 5.87. The first-order chi connectivity index (χ1) is 11.2. The summed E-state index contributed by atoms with van der Waals surface area (Å²) in [6.45, 7) is 7.14. The third-order valence-electron chi connectivity index (χ3n) is 4.04. The molecule has 0 saturated heterocycles. The first-order valence-electron chi connectivity index (χ1n) is 8.00. The van der Waals surface area contributed by atoms with Crippen molar-refractivity contribution in [1.29, 1.82) is 0 Å². The number of aryl methyl sites for hydroxylation is 2. The molecule has 3 aromatic rings. The molecule has 0 aliphatic rings. The van der Waals surface area contributed by atoms with Gasteiger partial charge in [-0.15, -0.1) is 0 Å². The number of hydrogen-bond donors (Lipinski definition) is 0. The van der Waals surface area contributed by atoms with Crippen molar-refractivity contribution in [2.75, 3.05) is 13.4 Å². The molecule has 2 nitrogen and oxygen atoms in total. The van der Waals surface area contributed by atoms with Crippen LogP contribution in [-0.4, -0.2) is 13.4 Å². The van der Waals surface area contributed by atoms with Gasteiger partial charge in [-0.2, -0.15) is 0 Å². The van der Waals surface area contributed by atoms with Crippen LogP contribution in [-0.2, 0) is 4.74 Å². The van der Waals surface area contributed by atoms with Crippen LogP contribution in [0.15, 0.2) is 54.6 Å². The fraction of sp³-hybridized carbons (Fsp3) is 0.238. The summed E-state index contributed by atoms with van der Waals surface area (Å²) in [4.78, 5) is 0. The van der Waals surface area contributed by atoms with Gasteiger partial charge in [-0.25, -0.2) is 0 Å². The van der Waals surface area contributed by atoms with Gasteiger partial charge >= 0.3 is 0 Å². The van der Waals surface area contributed by atoms with E-state index in [1.165, 1.54) is 27.5 Å². The van der Waals surface area contributed by atoms with Crippen LogP contribution in [0.5, 0.6) is 5.75 Å². The highest BCUT2D eigenvalue weighted by Crippen LogP contribution is 2.38. The van der Waals surface area contributed by atoms with E-state index in [2.05, 4.69) is 62.4 Å². The Morgan fingerprint density at radius 3 is 2.57 bits per heavy atom. The van der Waals surface area contributed by atoms with E-state index in [0.717, 1.165) is 11.3 Å². The Morgan fingerprint density at radius 1 is 0.913 bits per heavy atom. The second-order valence-corrected chi connectivity index (χ2v) is 5.73. The summed E-state index contributed by atoms with van der Waals surface area (Å²) in [5.41, 5.74) is 4.82. The summed E-state index contributed by atoms with van der Waals surface area (Å²) in [5, 5.41) is 2.49. The van der Waals surface area contributed by atoms with Gasteiger partial charge in [-0.3, -0.25) is 0 Å². The van der Waals surface area contributed by atoms with Gasteiger partial charge < -0.3 is 9.47 Å². The van der Waals surface area contributed by atoms with Crippen molar-refractivity contribution < 1.29 is 9.47 Å². The Kier molecular flexibility index (Phi) is 4.63. The molecule has 0 amide bonds. The molecule has 0 aliphatic carbocycles. The SMILES string of the molecule is CCOCOc1ccc(C)cc1-c1c(C)ccc2ccccc12. The Hall–Kier alpha value is -2.32. The molecule has 0 aliphatic heterocycles. The minimum absolute atomic E-state index is 0.274. The van der Waals surface area contributed by atoms with Crippen molar-refractivity contribution in [3.05, 3.63) is 65.7 Å². The molecule has 0 N–H and O–H groups in total. The van der Waals surface area contributed by atoms with E-state index in [0.29, 0.717) is 6.61 Å². The molecular weight excluding hydrogens is 284 g/mol. The summed E-state index contributed by atoms with van der Waals surface area (Å²) in [7, 11) is 0. The lowest BCUT2D eigenvalue weighted by Gasteiger charge is -2.16. The molecule has 0 saturated carbocycles. The third-order valence-corrected chi connectivity index (χ3v) is 4.04. The number of rotatable bonds is 5. The molecule has 0 heterocycles. The van der Waals surface area contributed by atoms with Crippen LogP contribution >= 0.6 is 0 Å². The average Bonchev–Trinajstić information content (AvgIpc) is 2.56. The van der Waals surface area contributed by atoms with Gasteiger partial charge in [0.1, 0.15) is 5.75 Å². The highest BCUT2D eigenvalue weighted by Gasteiger charge is 2.13. The molecule has 0 radical (unpaired) electrons. The molecule has 0 atom stereocenters. The summed E-state index contributed by atoms with van der Waals surface area (Å²) < 4.78 is 11.2. The van der Waals surface area contributed by atoms with Crippen LogP contribution in [0.4, 0.5) is 0 Å². The topological polar surface area (TPSA) is 18.5 Å². The van der Waals surface area contributed by atoms with E-state index in [4.69, 9.17) is 9.47 Å². The molecule has 0 aromatic heterocycles. The minimum atomic E-state index is 0.274. The van der Waals surface area contributed by atoms with Gasteiger partial charge in [0.2, 0.25) is 0 Å². The minimum Gasteiger partial charge on any atom is -0.467 e. The van der Waals surface area contributed by atoms with E-state index in [1.807, 2.05) is 13.0 Å². The Balaban J connectivity index is 2.18. The molecule has 0 fully saturated rings. The van der Waals surface area contributed by atoms with Crippen LogP contribution in [0, 0.1) is 13.8 Å². The number of hydrogen-bond acceptors (Lipinski definition) is 2. The zero-order valence-corrected chi connectivity index (χ0v) is 13.9. The smallest absolute Gasteiger partial charge is 0.189 e. The average molecular weight is 306 g/mol. The molecular formula is C21H22O2. The monoisotopic (exact) mass is 306 g/mol. The largest absolute Gasteiger partial charge is 0.467 e. The van der Waals surface area contributed by atoms with Crippen molar-refractivity contribution in [1.82, 2.24) is 0 Å². The van der Waals surface area contributed by atoms with Crippen LogP contribution < -0.4 is 4.74 Å². The zero-order valence-electron chi connectivity index (χ0n) is 13.9. The predicted molar refractivity (Wildman–Crippen MR) is 96.0 cm³/mol. The summed E-state index contributed by atoms with van der Waals surface area (Å²) >= 11 is 0. The maximum absolute atomic E-state index is 5.87. The maximum Gasteiger partial charge on any atom is 0.189 e. The molecule has 3 aromatic carbocycles. The van der Waals surface area contributed by atoms with E-state index in [1.54, 1.807) is 0 Å². The Morgan fingerprint density at radius 2 is 1.74 bits per heavy atom. The lowest BCUT2D eigenvalue weighted by Crippen LogP contribution is -2.03. The van der Waals surface area contributed by atoms with Crippen LogP contribution in [0.3, 0.4) is 0 Å². The van der Waals surface area contributed by atoms with E-state index >= 15 is 0 Å². The fourth-order valence-electron chi connectivity index (χ4n) is 2.89. The fourth-order valence-corrected chi connectivity index (χ4v) is 2.89. The van der Waals surface area contributed by atoms with Gasteiger partial charge in [-0.05, 0) is 54.8 Å². The molecule has 0 spiro atoms. The standard InChI is InChI=1S/C21H22O2/c1-4-22-14-23-20-12-9-15(2)13-19(20)21-16(3)10-11-17-7-5-6-8-18(17)21/h5-13H,4,14H2,1-3H3. The van der Waals surface area contributed by atoms with Crippen LogP contribution in [0.1, 0.15) is 18.1 Å². The van der Waals surface area contributed by atoms with Crippen molar-refractivity contribution >= 4 is 10.8 Å². The molecule has 118 valence electrons. The van der Waals surface area contributed by atoms with Crippen molar-refractivity contribution in [2.45, 2.75) is 20.8 Å². The normalized spacial score (nSPS) is 10.9. The third kappa shape index (κ3) is 3.22. The Bertz CT molecular complexity index is 821. The highest BCUT2D eigenvalue weighted by atomic mass is 16.7. The predicted octanol–water partition coefficient (Wildman–Crippen LogP) is 5.50. The summed E-state index contributed by atoms with van der Waals surface area (Å²) in [6.07, 6.45) is 0. The molecule has 3 rings (SSSR count). The van der Waals surface area contributed by atoms with Crippen LogP contribution in [0.2, 0.25) is 0 Å². The van der Waals surface area contributed by atoms with Gasteiger partial charge in [0.05, 0.1) is 0 Å². The van der Waals surface area contributed by atoms with Gasteiger partial charge in [0, 0.05) is 12.2 Å². The van der Waals surface area contributed by atoms with Crippen molar-refractivity contribution in [3.63, 3.8) is 0 Å². The molecule has 2 heteroatoms. The van der Waals surface area contributed by atoms with Crippen molar-refractivity contribution in [3.8, 4) is 16.9 Å². The quantitative estimate of drug-likeness (QED) is 0.458. The van der Waals surface area contributed by atoms with Crippen LogP contribution in [0.25, 0.3) is 21.9 Å². The second kappa shape index (κ2) is 6.84.